The van der Waals surface area contributed by atoms with E-state index in [0.717, 1.165) is 96.3 Å². The zero-order valence-electron chi connectivity index (χ0n) is 37.7. The van der Waals surface area contributed by atoms with Crippen LogP contribution in [0.2, 0.25) is 0 Å². The summed E-state index contributed by atoms with van der Waals surface area (Å²) in [5.41, 5.74) is 5.38. The fourth-order valence-corrected chi connectivity index (χ4v) is 6.88. The summed E-state index contributed by atoms with van der Waals surface area (Å²) in [5.74, 6) is -0.350. The number of unbranched alkanes of at least 4 members (excludes halogenated alkanes) is 17. The molecule has 0 amide bonds. The summed E-state index contributed by atoms with van der Waals surface area (Å²) in [5, 5.41) is 0. The number of ether oxygens (including phenoxy) is 2. The lowest BCUT2D eigenvalue weighted by molar-refractivity contribution is -0.154. The van der Waals surface area contributed by atoms with Crippen molar-refractivity contribution in [1.29, 1.82) is 0 Å². The number of hydrogen-bond acceptors (Lipinski definition) is 7. The van der Waals surface area contributed by atoms with Gasteiger partial charge in [-0.15, -0.1) is 0 Å². The van der Waals surface area contributed by atoms with Gasteiger partial charge in [0, 0.05) is 19.6 Å². The van der Waals surface area contributed by atoms with E-state index in [2.05, 4.69) is 98.9 Å². The maximum absolute atomic E-state index is 12.6. The molecule has 0 fully saturated rings. The molecule has 340 valence electrons. The lowest BCUT2D eigenvalue weighted by Gasteiger charge is -2.20. The van der Waals surface area contributed by atoms with Gasteiger partial charge in [-0.1, -0.05) is 176 Å². The molecular formula is C50H88NO7P. The number of phosphoric acid groups is 1. The Balaban J connectivity index is 4.03. The molecular weight excluding hydrogens is 758 g/mol. The van der Waals surface area contributed by atoms with Crippen LogP contribution in [-0.2, 0) is 27.9 Å². The molecule has 0 radical (unpaired) electrons. The van der Waals surface area contributed by atoms with E-state index < -0.39 is 13.9 Å². The maximum Gasteiger partial charge on any atom is 0.472 e. The average Bonchev–Trinajstić information content (AvgIpc) is 3.23. The van der Waals surface area contributed by atoms with Gasteiger partial charge in [0.15, 0.2) is 0 Å². The molecule has 0 heterocycles. The van der Waals surface area contributed by atoms with Crippen molar-refractivity contribution in [3.63, 3.8) is 0 Å². The zero-order chi connectivity index (χ0) is 43.0. The van der Waals surface area contributed by atoms with Crippen molar-refractivity contribution >= 4 is 13.8 Å². The molecule has 0 saturated heterocycles. The predicted octanol–water partition coefficient (Wildman–Crippen LogP) is 14.5. The molecule has 0 rings (SSSR count). The van der Waals surface area contributed by atoms with Crippen LogP contribution in [0.15, 0.2) is 85.1 Å². The summed E-state index contributed by atoms with van der Waals surface area (Å²) in [6, 6.07) is 0. The van der Waals surface area contributed by atoms with Crippen molar-refractivity contribution < 1.29 is 32.8 Å². The molecule has 0 aliphatic carbocycles. The van der Waals surface area contributed by atoms with Crippen molar-refractivity contribution in [1.82, 2.24) is 0 Å². The number of nitrogens with two attached hydrogens (primary N) is 1. The largest absolute Gasteiger partial charge is 0.472 e. The Morgan fingerprint density at radius 1 is 0.525 bits per heavy atom. The minimum Gasteiger partial charge on any atom is -0.457 e. The van der Waals surface area contributed by atoms with Gasteiger partial charge in [0.1, 0.15) is 6.10 Å². The van der Waals surface area contributed by atoms with Crippen molar-refractivity contribution in [2.24, 2.45) is 5.73 Å². The summed E-state index contributed by atoms with van der Waals surface area (Å²) in [6.07, 6.45) is 60.3. The van der Waals surface area contributed by atoms with E-state index in [0.29, 0.717) is 13.0 Å². The Bertz CT molecular complexity index is 1180. The van der Waals surface area contributed by atoms with Crippen LogP contribution in [0.5, 0.6) is 0 Å². The van der Waals surface area contributed by atoms with Crippen molar-refractivity contribution in [3.05, 3.63) is 85.1 Å². The van der Waals surface area contributed by atoms with E-state index in [-0.39, 0.29) is 32.3 Å². The van der Waals surface area contributed by atoms with E-state index in [1.54, 1.807) is 0 Å². The van der Waals surface area contributed by atoms with Crippen molar-refractivity contribution in [3.8, 4) is 0 Å². The third kappa shape index (κ3) is 46.6. The topological polar surface area (TPSA) is 117 Å². The molecule has 0 bridgehead atoms. The number of esters is 1. The number of phosphoric ester groups is 1. The minimum atomic E-state index is -4.29. The van der Waals surface area contributed by atoms with Gasteiger partial charge in [-0.3, -0.25) is 13.8 Å². The second kappa shape index (κ2) is 46.7. The molecule has 2 atom stereocenters. The molecule has 0 aromatic heterocycles. The molecule has 59 heavy (non-hydrogen) atoms. The highest BCUT2D eigenvalue weighted by Crippen LogP contribution is 2.43. The van der Waals surface area contributed by atoms with Crippen LogP contribution in [0.3, 0.4) is 0 Å². The minimum absolute atomic E-state index is 0.0921. The SMILES string of the molecule is CC/C=C\C/C=C\C/C=C\C/C=C\C/C=C\CCCCCCCCCCOCC(COP(=O)(O)OCCN)OC(=O)CCCCCCC/C=C\C/C=C\CCCCCC. The third-order valence-corrected chi connectivity index (χ3v) is 10.5. The van der Waals surface area contributed by atoms with Gasteiger partial charge in [-0.25, -0.2) is 4.57 Å². The standard InChI is InChI=1S/C50H88NO7P/c1-3-5-7-9-11-13-15-17-19-21-22-23-24-25-26-27-28-30-32-34-36-38-40-42-45-55-47-49(48-57-59(53,54)56-46-44-51)58-50(52)43-41-39-37-35-33-31-29-20-18-16-14-12-10-8-6-4-2/h5,7,11,13-14,16-17,19-20,22-23,25-26,29,49H,3-4,6,8-10,12,15,18,21,24,27-28,30-48,51H2,1-2H3,(H,53,54)/b7-5-,13-11-,16-14-,19-17-,23-22-,26-25-,29-20-. The van der Waals surface area contributed by atoms with Gasteiger partial charge < -0.3 is 20.1 Å². The Labute approximate surface area is 362 Å². The molecule has 0 aromatic rings. The lowest BCUT2D eigenvalue weighted by Crippen LogP contribution is -2.28. The van der Waals surface area contributed by atoms with Gasteiger partial charge in [0.25, 0.3) is 0 Å². The monoisotopic (exact) mass is 846 g/mol. The molecule has 0 aliphatic heterocycles. The first kappa shape index (κ1) is 56.7. The van der Waals surface area contributed by atoms with E-state index in [1.807, 2.05) is 0 Å². The number of carbonyl (C=O) groups is 1. The zero-order valence-corrected chi connectivity index (χ0v) is 38.6. The maximum atomic E-state index is 12.6. The van der Waals surface area contributed by atoms with Crippen LogP contribution >= 0.6 is 7.82 Å². The molecule has 0 aromatic carbocycles. The Morgan fingerprint density at radius 2 is 0.949 bits per heavy atom. The fraction of sp³-hybridized carbons (Fsp3) is 0.700. The summed E-state index contributed by atoms with van der Waals surface area (Å²) < 4.78 is 33.5. The summed E-state index contributed by atoms with van der Waals surface area (Å²) in [4.78, 5) is 22.5. The number of rotatable bonds is 44. The van der Waals surface area contributed by atoms with Crippen molar-refractivity contribution in [2.75, 3.05) is 33.0 Å². The van der Waals surface area contributed by atoms with E-state index in [4.69, 9.17) is 24.3 Å². The summed E-state index contributed by atoms with van der Waals surface area (Å²) in [7, 11) is -4.29. The molecule has 2 unspecified atom stereocenters. The lowest BCUT2D eigenvalue weighted by atomic mass is 10.1. The van der Waals surface area contributed by atoms with Crippen LogP contribution in [0.4, 0.5) is 0 Å². The van der Waals surface area contributed by atoms with E-state index in [1.165, 1.54) is 70.6 Å². The van der Waals surface area contributed by atoms with Gasteiger partial charge in [-0.2, -0.15) is 0 Å². The summed E-state index contributed by atoms with van der Waals surface area (Å²) >= 11 is 0. The smallest absolute Gasteiger partial charge is 0.457 e. The highest BCUT2D eigenvalue weighted by atomic mass is 31.2. The van der Waals surface area contributed by atoms with Gasteiger partial charge in [0.05, 0.1) is 19.8 Å². The quantitative estimate of drug-likeness (QED) is 0.0269. The first-order valence-electron chi connectivity index (χ1n) is 23.6. The van der Waals surface area contributed by atoms with Crippen LogP contribution < -0.4 is 5.73 Å². The second-order valence-corrected chi connectivity index (χ2v) is 16.7. The Kier molecular flexibility index (Phi) is 44.9. The molecule has 3 N–H and O–H groups in total. The normalized spacial score (nSPS) is 14.2. The van der Waals surface area contributed by atoms with Crippen LogP contribution in [0.1, 0.15) is 187 Å². The highest BCUT2D eigenvalue weighted by Gasteiger charge is 2.25. The molecule has 0 spiro atoms. The number of hydrogen-bond donors (Lipinski definition) is 2. The molecule has 0 aliphatic rings. The highest BCUT2D eigenvalue weighted by molar-refractivity contribution is 7.47. The van der Waals surface area contributed by atoms with Crippen molar-refractivity contribution in [2.45, 2.75) is 193 Å². The van der Waals surface area contributed by atoms with Crippen LogP contribution in [0.25, 0.3) is 0 Å². The predicted molar refractivity (Wildman–Crippen MR) is 251 cm³/mol. The third-order valence-electron chi connectivity index (χ3n) is 9.55. The molecule has 8 nitrogen and oxygen atoms in total. The number of allylic oxidation sites excluding steroid dienone is 14. The molecule has 9 heteroatoms. The summed E-state index contributed by atoms with van der Waals surface area (Å²) in [6.45, 7) is 4.74. The van der Waals surface area contributed by atoms with Crippen LogP contribution in [0, 0.1) is 0 Å². The van der Waals surface area contributed by atoms with Gasteiger partial charge in [0.2, 0.25) is 0 Å². The van der Waals surface area contributed by atoms with Crippen LogP contribution in [-0.4, -0.2) is 49.9 Å². The Morgan fingerprint density at radius 3 is 1.42 bits per heavy atom. The van der Waals surface area contributed by atoms with Gasteiger partial charge in [-0.05, 0) is 89.9 Å². The Hall–Kier alpha value is -2.32. The van der Waals surface area contributed by atoms with E-state index in [9.17, 15) is 14.3 Å². The molecule has 0 saturated carbocycles. The second-order valence-electron chi connectivity index (χ2n) is 15.2. The first-order chi connectivity index (χ1) is 28.9. The fourth-order valence-electron chi connectivity index (χ4n) is 6.11. The average molecular weight is 846 g/mol. The number of carbonyl (C=O) groups excluding carboxylic acids is 1. The first-order valence-corrected chi connectivity index (χ1v) is 25.1. The van der Waals surface area contributed by atoms with E-state index >= 15 is 0 Å². The van der Waals surface area contributed by atoms with Gasteiger partial charge >= 0.3 is 13.8 Å².